The van der Waals surface area contributed by atoms with Crippen molar-refractivity contribution in [3.63, 3.8) is 0 Å². The van der Waals surface area contributed by atoms with Crippen LogP contribution >= 0.6 is 27.7 Å². The van der Waals surface area contributed by atoms with E-state index in [0.717, 1.165) is 16.7 Å². The molecule has 0 radical (unpaired) electrons. The van der Waals surface area contributed by atoms with Gasteiger partial charge in [-0.3, -0.25) is 19.3 Å². The largest absolute Gasteiger partial charge is 0.493 e. The summed E-state index contributed by atoms with van der Waals surface area (Å²) in [7, 11) is 2.63. The van der Waals surface area contributed by atoms with E-state index in [1.807, 2.05) is 0 Å². The Bertz CT molecular complexity index is 1070. The molecule has 2 amide bonds. The van der Waals surface area contributed by atoms with Crippen LogP contribution in [0.4, 0.5) is 9.18 Å². The summed E-state index contributed by atoms with van der Waals surface area (Å²) >= 11 is 4.13. The minimum absolute atomic E-state index is 0.00655. The number of halogens is 2. The van der Waals surface area contributed by atoms with Gasteiger partial charge in [0.25, 0.3) is 11.1 Å². The minimum atomic E-state index is -0.690. The lowest BCUT2D eigenvalue weighted by Gasteiger charge is -2.14. The van der Waals surface area contributed by atoms with Gasteiger partial charge in [0, 0.05) is 5.56 Å². The first-order valence-electron chi connectivity index (χ1n) is 8.90. The second-order valence-electron chi connectivity index (χ2n) is 6.26. The molecule has 31 heavy (non-hydrogen) atoms. The van der Waals surface area contributed by atoms with E-state index < -0.39 is 23.7 Å². The van der Waals surface area contributed by atoms with Gasteiger partial charge in [-0.2, -0.15) is 0 Å². The van der Waals surface area contributed by atoms with E-state index in [1.54, 1.807) is 30.3 Å². The van der Waals surface area contributed by atoms with E-state index in [4.69, 9.17) is 9.47 Å². The normalized spacial score (nSPS) is 14.8. The van der Waals surface area contributed by atoms with Gasteiger partial charge in [-0.25, -0.2) is 4.39 Å². The highest BCUT2D eigenvalue weighted by atomic mass is 79.9. The summed E-state index contributed by atoms with van der Waals surface area (Å²) in [5.74, 6) is -0.941. The van der Waals surface area contributed by atoms with Crippen LogP contribution in [0.2, 0.25) is 0 Å². The van der Waals surface area contributed by atoms with Gasteiger partial charge in [0.2, 0.25) is 0 Å². The average molecular weight is 510 g/mol. The lowest BCUT2D eigenvalue weighted by atomic mass is 10.1. The topological polar surface area (TPSA) is 82.1 Å². The van der Waals surface area contributed by atoms with Crippen LogP contribution < -0.4 is 9.47 Å². The molecular weight excluding hydrogens is 493 g/mol. The minimum Gasteiger partial charge on any atom is -0.493 e. The number of hydrogen-bond acceptors (Lipinski definition) is 7. The zero-order valence-corrected chi connectivity index (χ0v) is 18.9. The number of amides is 2. The molecule has 1 heterocycles. The van der Waals surface area contributed by atoms with Crippen LogP contribution in [0.25, 0.3) is 6.08 Å². The number of thioether (sulfide) groups is 1. The van der Waals surface area contributed by atoms with Gasteiger partial charge in [-0.1, -0.05) is 18.2 Å². The van der Waals surface area contributed by atoms with Crippen molar-refractivity contribution in [2.75, 3.05) is 20.8 Å². The average Bonchev–Trinajstić information content (AvgIpc) is 3.00. The number of rotatable bonds is 7. The Labute approximate surface area is 190 Å². The van der Waals surface area contributed by atoms with Gasteiger partial charge in [-0.05, 0) is 57.5 Å². The number of benzene rings is 2. The molecule has 0 bridgehead atoms. The Morgan fingerprint density at radius 1 is 1.23 bits per heavy atom. The third-order valence-corrected chi connectivity index (χ3v) is 5.76. The summed E-state index contributed by atoms with van der Waals surface area (Å²) in [6.07, 6.45) is 1.51. The Morgan fingerprint density at radius 2 is 1.97 bits per heavy atom. The van der Waals surface area contributed by atoms with Gasteiger partial charge in [0.05, 0.1) is 23.6 Å². The molecule has 1 aliphatic rings. The van der Waals surface area contributed by atoms with Crippen LogP contribution in [-0.4, -0.2) is 42.8 Å². The van der Waals surface area contributed by atoms with E-state index in [1.165, 1.54) is 26.4 Å². The van der Waals surface area contributed by atoms with Gasteiger partial charge < -0.3 is 14.2 Å². The van der Waals surface area contributed by atoms with E-state index in [2.05, 4.69) is 20.7 Å². The van der Waals surface area contributed by atoms with Gasteiger partial charge >= 0.3 is 5.97 Å². The maximum atomic E-state index is 13.8. The first-order valence-corrected chi connectivity index (χ1v) is 10.5. The fourth-order valence-electron chi connectivity index (χ4n) is 2.71. The summed E-state index contributed by atoms with van der Waals surface area (Å²) in [5.41, 5.74) is 0.949. The number of carbonyl (C=O) groups excluding carboxylic acids is 3. The first-order chi connectivity index (χ1) is 14.8. The van der Waals surface area contributed by atoms with E-state index in [9.17, 15) is 18.8 Å². The quantitative estimate of drug-likeness (QED) is 0.404. The molecule has 1 saturated heterocycles. The van der Waals surface area contributed by atoms with Gasteiger partial charge in [0.1, 0.15) is 19.0 Å². The fourth-order valence-corrected chi connectivity index (χ4v) is 4.12. The van der Waals surface area contributed by atoms with Crippen LogP contribution in [0.5, 0.6) is 11.5 Å². The van der Waals surface area contributed by atoms with Crippen LogP contribution in [0.1, 0.15) is 11.1 Å². The van der Waals surface area contributed by atoms with Gasteiger partial charge in [-0.15, -0.1) is 0 Å². The molecule has 1 aliphatic heterocycles. The van der Waals surface area contributed by atoms with Crippen molar-refractivity contribution in [2.45, 2.75) is 6.61 Å². The smallest absolute Gasteiger partial charge is 0.325 e. The summed E-state index contributed by atoms with van der Waals surface area (Å²) < 4.78 is 30.0. The van der Waals surface area contributed by atoms with Crippen LogP contribution in [0.15, 0.2) is 45.8 Å². The molecule has 0 aliphatic carbocycles. The van der Waals surface area contributed by atoms with E-state index >= 15 is 0 Å². The number of nitrogens with zero attached hydrogens (tertiary/aromatic N) is 1. The summed E-state index contributed by atoms with van der Waals surface area (Å²) in [5, 5.41) is -0.558. The fraction of sp³-hybridized carbons (Fsp3) is 0.190. The Balaban J connectivity index is 1.83. The van der Waals surface area contributed by atoms with Crippen molar-refractivity contribution in [2.24, 2.45) is 0 Å². The molecule has 0 aromatic heterocycles. The maximum Gasteiger partial charge on any atom is 0.325 e. The van der Waals surface area contributed by atoms with Crippen molar-refractivity contribution in [1.82, 2.24) is 4.90 Å². The molecule has 3 rings (SSSR count). The predicted octanol–water partition coefficient (Wildman–Crippen LogP) is 4.39. The van der Waals surface area contributed by atoms with Crippen molar-refractivity contribution in [3.05, 3.63) is 62.7 Å². The second-order valence-corrected chi connectivity index (χ2v) is 8.11. The molecular formula is C21H17BrFNO6S. The highest BCUT2D eigenvalue weighted by Crippen LogP contribution is 2.39. The standard InChI is InChI=1S/C21H17BrFNO6S/c1-28-16-8-12(9-17-20(26)24(21(27)31-17)10-18(25)29-2)7-14(22)19(16)30-11-13-5-3-4-6-15(13)23/h3-9H,10-11H2,1-2H3/b17-9-. The molecule has 7 nitrogen and oxygen atoms in total. The molecule has 2 aromatic rings. The number of esters is 1. The Kier molecular flexibility index (Phi) is 7.34. The third-order valence-electron chi connectivity index (χ3n) is 4.27. The van der Waals surface area contributed by atoms with Gasteiger partial charge in [0.15, 0.2) is 11.5 Å². The van der Waals surface area contributed by atoms with E-state index in [0.29, 0.717) is 27.1 Å². The summed E-state index contributed by atoms with van der Waals surface area (Å²) in [6.45, 7) is -0.457. The maximum absolute atomic E-state index is 13.8. The number of methoxy groups -OCH3 is 2. The van der Waals surface area contributed by atoms with Crippen LogP contribution in [0.3, 0.4) is 0 Å². The van der Waals surface area contributed by atoms with Crippen molar-refractivity contribution in [1.29, 1.82) is 0 Å². The number of carbonyl (C=O) groups is 3. The molecule has 0 N–H and O–H groups in total. The highest BCUT2D eigenvalue weighted by Gasteiger charge is 2.36. The number of hydrogen-bond donors (Lipinski definition) is 0. The van der Waals surface area contributed by atoms with Crippen molar-refractivity contribution >= 4 is 50.9 Å². The van der Waals surface area contributed by atoms with Crippen LogP contribution in [-0.2, 0) is 20.9 Å². The molecule has 0 saturated carbocycles. The molecule has 0 unspecified atom stereocenters. The van der Waals surface area contributed by atoms with Crippen molar-refractivity contribution in [3.8, 4) is 11.5 Å². The monoisotopic (exact) mass is 509 g/mol. The predicted molar refractivity (Wildman–Crippen MR) is 116 cm³/mol. The lowest BCUT2D eigenvalue weighted by Crippen LogP contribution is -2.34. The van der Waals surface area contributed by atoms with E-state index in [-0.39, 0.29) is 17.3 Å². The molecule has 2 aromatic carbocycles. The molecule has 0 spiro atoms. The molecule has 10 heteroatoms. The number of imide groups is 1. The molecule has 1 fully saturated rings. The Hall–Kier alpha value is -2.85. The van der Waals surface area contributed by atoms with Crippen molar-refractivity contribution < 1.29 is 33.0 Å². The second kappa shape index (κ2) is 9.97. The lowest BCUT2D eigenvalue weighted by molar-refractivity contribution is -0.143. The van der Waals surface area contributed by atoms with Crippen LogP contribution in [0, 0.1) is 5.82 Å². The molecule has 0 atom stereocenters. The summed E-state index contributed by atoms with van der Waals surface area (Å²) in [6, 6.07) is 9.57. The summed E-state index contributed by atoms with van der Waals surface area (Å²) in [4.78, 5) is 36.9. The zero-order chi connectivity index (χ0) is 22.5. The zero-order valence-electron chi connectivity index (χ0n) is 16.5. The number of ether oxygens (including phenoxy) is 3. The third kappa shape index (κ3) is 5.26. The molecule has 162 valence electrons. The highest BCUT2D eigenvalue weighted by molar-refractivity contribution is 9.10. The first kappa shape index (κ1) is 22.8. The Morgan fingerprint density at radius 3 is 2.65 bits per heavy atom. The SMILES string of the molecule is COC(=O)CN1C(=O)S/C(=C\c2cc(Br)c(OCc3ccccc3F)c(OC)c2)C1=O.